The van der Waals surface area contributed by atoms with E-state index in [4.69, 9.17) is 4.74 Å². The smallest absolute Gasteiger partial charge is 0.244 e. The van der Waals surface area contributed by atoms with Crippen LogP contribution in [0.1, 0.15) is 43.0 Å². The van der Waals surface area contributed by atoms with Crippen LogP contribution in [0.15, 0.2) is 42.5 Å². The van der Waals surface area contributed by atoms with Crippen molar-refractivity contribution in [3.8, 4) is 5.75 Å². The van der Waals surface area contributed by atoms with Gasteiger partial charge in [-0.3, -0.25) is 9.10 Å². The molecule has 0 unspecified atom stereocenters. The van der Waals surface area contributed by atoms with Crippen LogP contribution in [0, 0.1) is 13.8 Å². The largest absolute Gasteiger partial charge is 0.497 e. The van der Waals surface area contributed by atoms with Crippen molar-refractivity contribution in [2.24, 2.45) is 0 Å². The third-order valence-corrected chi connectivity index (χ3v) is 5.95. The molecule has 0 aliphatic carbocycles. The van der Waals surface area contributed by atoms with Crippen LogP contribution < -0.4 is 14.4 Å². The molecule has 0 heterocycles. The summed E-state index contributed by atoms with van der Waals surface area (Å²) in [5.41, 5.74) is 3.29. The number of nitrogens with one attached hydrogen (secondary N) is 1. The summed E-state index contributed by atoms with van der Waals surface area (Å²) in [6.45, 7) is 7.49. The first-order valence-corrected chi connectivity index (χ1v) is 11.4. The molecule has 1 amide bonds. The van der Waals surface area contributed by atoms with Crippen molar-refractivity contribution in [3.05, 3.63) is 59.2 Å². The zero-order valence-electron chi connectivity index (χ0n) is 17.9. The average Bonchev–Trinajstić information content (AvgIpc) is 2.63. The fourth-order valence-corrected chi connectivity index (χ4v) is 4.62. The lowest BCUT2D eigenvalue weighted by Crippen LogP contribution is -2.49. The van der Waals surface area contributed by atoms with E-state index in [1.807, 2.05) is 58.0 Å². The highest BCUT2D eigenvalue weighted by Gasteiger charge is 2.32. The summed E-state index contributed by atoms with van der Waals surface area (Å²) in [6.07, 6.45) is 1.48. The van der Waals surface area contributed by atoms with Crippen LogP contribution in [0.4, 0.5) is 5.69 Å². The summed E-state index contributed by atoms with van der Waals surface area (Å²) in [6, 6.07) is 11.8. The normalized spacial score (nSPS) is 13.4. The van der Waals surface area contributed by atoms with Crippen LogP contribution in [0.3, 0.4) is 0 Å². The lowest BCUT2D eigenvalue weighted by atomic mass is 10.1. The first kappa shape index (κ1) is 22.7. The maximum atomic E-state index is 13.1. The predicted molar refractivity (Wildman–Crippen MR) is 117 cm³/mol. The third kappa shape index (κ3) is 5.73. The Morgan fingerprint density at radius 2 is 1.66 bits per heavy atom. The molecule has 1 N–H and O–H groups in total. The van der Waals surface area contributed by atoms with Crippen molar-refractivity contribution in [3.63, 3.8) is 0 Å². The molecule has 0 fully saturated rings. The van der Waals surface area contributed by atoms with E-state index >= 15 is 0 Å². The van der Waals surface area contributed by atoms with Gasteiger partial charge in [-0.2, -0.15) is 0 Å². The van der Waals surface area contributed by atoms with E-state index < -0.39 is 16.1 Å². The number of aryl methyl sites for hydroxylation is 2. The minimum atomic E-state index is -3.66. The molecule has 2 atom stereocenters. The molecule has 6 nitrogen and oxygen atoms in total. The van der Waals surface area contributed by atoms with Gasteiger partial charge in [0.05, 0.1) is 25.1 Å². The number of carbonyl (C=O) groups is 1. The van der Waals surface area contributed by atoms with Crippen molar-refractivity contribution in [2.45, 2.75) is 46.2 Å². The lowest BCUT2D eigenvalue weighted by Gasteiger charge is -2.31. The minimum Gasteiger partial charge on any atom is -0.497 e. The number of carbonyl (C=O) groups excluding carboxylic acids is 1. The van der Waals surface area contributed by atoms with E-state index in [0.717, 1.165) is 28.7 Å². The molecule has 2 aromatic rings. The van der Waals surface area contributed by atoms with E-state index in [-0.39, 0.29) is 11.9 Å². The summed E-state index contributed by atoms with van der Waals surface area (Å²) in [5.74, 6) is 0.400. The molecule has 2 aromatic carbocycles. The van der Waals surface area contributed by atoms with Gasteiger partial charge in [-0.15, -0.1) is 0 Å². The molecular formula is C22H30N2O4S. The van der Waals surface area contributed by atoms with Crippen molar-refractivity contribution < 1.29 is 17.9 Å². The number of methoxy groups -OCH3 is 1. The van der Waals surface area contributed by atoms with E-state index in [1.54, 1.807) is 19.2 Å². The van der Waals surface area contributed by atoms with E-state index in [2.05, 4.69) is 5.32 Å². The first-order valence-electron chi connectivity index (χ1n) is 9.58. The van der Waals surface area contributed by atoms with Gasteiger partial charge < -0.3 is 10.1 Å². The number of nitrogens with zero attached hydrogens (tertiary/aromatic N) is 1. The van der Waals surface area contributed by atoms with Crippen LogP contribution in [-0.4, -0.2) is 33.7 Å². The number of anilines is 1. The number of hydrogen-bond donors (Lipinski definition) is 1. The Morgan fingerprint density at radius 3 is 2.10 bits per heavy atom. The molecule has 29 heavy (non-hydrogen) atoms. The van der Waals surface area contributed by atoms with Gasteiger partial charge in [0.25, 0.3) is 0 Å². The summed E-state index contributed by atoms with van der Waals surface area (Å²) in [4.78, 5) is 13.1. The number of benzene rings is 2. The number of rotatable bonds is 8. The summed E-state index contributed by atoms with van der Waals surface area (Å²) in [5, 5.41) is 2.95. The molecule has 0 radical (unpaired) electrons. The van der Waals surface area contributed by atoms with E-state index in [0.29, 0.717) is 12.1 Å². The fraction of sp³-hybridized carbons (Fsp3) is 0.409. The highest BCUT2D eigenvalue weighted by molar-refractivity contribution is 7.92. The van der Waals surface area contributed by atoms with Crippen LogP contribution in [0.25, 0.3) is 0 Å². The SMILES string of the molecule is CC[C@@H](C(=O)N[C@H](C)c1ccc(OC)cc1)N(c1cc(C)cc(C)c1)S(C)(=O)=O. The van der Waals surface area contributed by atoms with Crippen molar-refractivity contribution in [2.75, 3.05) is 17.7 Å². The zero-order chi connectivity index (χ0) is 21.8. The monoisotopic (exact) mass is 418 g/mol. The first-order chi connectivity index (χ1) is 13.6. The van der Waals surface area contributed by atoms with Crippen molar-refractivity contribution in [1.82, 2.24) is 5.32 Å². The molecule has 158 valence electrons. The second-order valence-corrected chi connectivity index (χ2v) is 9.19. The van der Waals surface area contributed by atoms with Crippen LogP contribution >= 0.6 is 0 Å². The number of amides is 1. The summed E-state index contributed by atoms with van der Waals surface area (Å²) >= 11 is 0. The van der Waals surface area contributed by atoms with E-state index in [1.165, 1.54) is 4.31 Å². The Bertz CT molecular complexity index is 935. The zero-order valence-corrected chi connectivity index (χ0v) is 18.7. The third-order valence-electron chi connectivity index (χ3n) is 4.77. The minimum absolute atomic E-state index is 0.275. The molecule has 0 bridgehead atoms. The average molecular weight is 419 g/mol. The molecule has 2 rings (SSSR count). The van der Waals surface area contributed by atoms with Crippen molar-refractivity contribution >= 4 is 21.6 Å². The van der Waals surface area contributed by atoms with Crippen LogP contribution in [0.2, 0.25) is 0 Å². The predicted octanol–water partition coefficient (Wildman–Crippen LogP) is 3.73. The molecule has 0 saturated heterocycles. The Balaban J connectivity index is 2.32. The van der Waals surface area contributed by atoms with Gasteiger partial charge in [-0.25, -0.2) is 8.42 Å². The Hall–Kier alpha value is -2.54. The van der Waals surface area contributed by atoms with Gasteiger partial charge >= 0.3 is 0 Å². The van der Waals surface area contributed by atoms with Gasteiger partial charge in [-0.05, 0) is 68.1 Å². The second kappa shape index (κ2) is 9.31. The van der Waals surface area contributed by atoms with Gasteiger partial charge in [-0.1, -0.05) is 25.1 Å². The highest BCUT2D eigenvalue weighted by atomic mass is 32.2. The van der Waals surface area contributed by atoms with Gasteiger partial charge in [0.15, 0.2) is 0 Å². The number of hydrogen-bond acceptors (Lipinski definition) is 4. The number of ether oxygens (including phenoxy) is 1. The fourth-order valence-electron chi connectivity index (χ4n) is 3.42. The van der Waals surface area contributed by atoms with Gasteiger partial charge in [0.2, 0.25) is 15.9 Å². The lowest BCUT2D eigenvalue weighted by molar-refractivity contribution is -0.122. The van der Waals surface area contributed by atoms with Crippen LogP contribution in [0.5, 0.6) is 5.75 Å². The Morgan fingerprint density at radius 1 is 1.10 bits per heavy atom. The molecular weight excluding hydrogens is 388 g/mol. The maximum absolute atomic E-state index is 13.1. The Labute approximate surface area is 173 Å². The molecule has 0 spiro atoms. The highest BCUT2D eigenvalue weighted by Crippen LogP contribution is 2.26. The molecule has 0 aromatic heterocycles. The quantitative estimate of drug-likeness (QED) is 0.709. The standard InChI is InChI=1S/C22H30N2O4S/c1-7-21(22(25)23-17(4)18-8-10-20(28-5)11-9-18)24(29(6,26)27)19-13-15(2)12-16(3)14-19/h8-14,17,21H,7H2,1-6H3,(H,23,25)/t17-,21+/m1/s1. The topological polar surface area (TPSA) is 75.7 Å². The summed E-state index contributed by atoms with van der Waals surface area (Å²) < 4.78 is 31.6. The van der Waals surface area contributed by atoms with E-state index in [9.17, 15) is 13.2 Å². The Kier molecular flexibility index (Phi) is 7.30. The van der Waals surface area contributed by atoms with Crippen LogP contribution in [-0.2, 0) is 14.8 Å². The second-order valence-electron chi connectivity index (χ2n) is 7.33. The molecule has 7 heteroatoms. The van der Waals surface area contributed by atoms with Crippen molar-refractivity contribution in [1.29, 1.82) is 0 Å². The number of sulfonamides is 1. The van der Waals surface area contributed by atoms with Gasteiger partial charge in [0, 0.05) is 0 Å². The molecule has 0 saturated carbocycles. The van der Waals surface area contributed by atoms with Gasteiger partial charge in [0.1, 0.15) is 11.8 Å². The maximum Gasteiger partial charge on any atom is 0.244 e. The molecule has 0 aliphatic rings. The molecule has 0 aliphatic heterocycles. The summed E-state index contributed by atoms with van der Waals surface area (Å²) in [7, 11) is -2.07.